The third kappa shape index (κ3) is 4.33. The van der Waals surface area contributed by atoms with Crippen molar-refractivity contribution < 1.29 is 18.3 Å². The molecule has 0 spiro atoms. The molecular formula is C24H18O6. The van der Waals surface area contributed by atoms with Crippen molar-refractivity contribution in [3.05, 3.63) is 104 Å². The van der Waals surface area contributed by atoms with Crippen LogP contribution in [-0.4, -0.2) is 7.11 Å². The molecule has 2 aromatic carbocycles. The van der Waals surface area contributed by atoms with E-state index < -0.39 is 5.63 Å². The van der Waals surface area contributed by atoms with Gasteiger partial charge in [0.1, 0.15) is 30.0 Å². The molecule has 0 bridgehead atoms. The highest BCUT2D eigenvalue weighted by Gasteiger charge is 2.07. The third-order valence-electron chi connectivity index (χ3n) is 4.47. The van der Waals surface area contributed by atoms with Gasteiger partial charge in [0, 0.05) is 23.6 Å². The fourth-order valence-electron chi connectivity index (χ4n) is 2.95. The summed E-state index contributed by atoms with van der Waals surface area (Å²) in [4.78, 5) is 24.2. The summed E-state index contributed by atoms with van der Waals surface area (Å²) in [6, 6.07) is 17.5. The third-order valence-corrected chi connectivity index (χ3v) is 4.47. The van der Waals surface area contributed by atoms with Gasteiger partial charge >= 0.3 is 5.63 Å². The highest BCUT2D eigenvalue weighted by molar-refractivity contribution is 5.89. The molecule has 30 heavy (non-hydrogen) atoms. The molecule has 2 heterocycles. The van der Waals surface area contributed by atoms with Gasteiger partial charge in [0.2, 0.25) is 11.2 Å². The Morgan fingerprint density at radius 2 is 1.80 bits per heavy atom. The zero-order chi connectivity index (χ0) is 20.9. The van der Waals surface area contributed by atoms with Crippen LogP contribution in [0.2, 0.25) is 0 Å². The molecule has 0 fully saturated rings. The van der Waals surface area contributed by atoms with Crippen LogP contribution < -0.4 is 20.5 Å². The average molecular weight is 402 g/mol. The standard InChI is InChI=1S/C24H18O6/c1-27-18-9-10-20-17(11-24(26)30-22(20)13-18)7-8-19-12-21(25)23(15-28-19)29-14-16-5-3-2-4-6-16/h2-13,15H,14H2,1H3/b8-7+. The lowest BCUT2D eigenvalue weighted by atomic mass is 10.1. The number of ether oxygens (including phenoxy) is 2. The molecule has 0 aliphatic heterocycles. The van der Waals surface area contributed by atoms with Crippen molar-refractivity contribution in [2.75, 3.05) is 7.11 Å². The summed E-state index contributed by atoms with van der Waals surface area (Å²) >= 11 is 0. The van der Waals surface area contributed by atoms with Crippen LogP contribution in [0.25, 0.3) is 23.1 Å². The molecule has 0 saturated heterocycles. The second-order valence-corrected chi connectivity index (χ2v) is 6.50. The topological polar surface area (TPSA) is 78.9 Å². The lowest BCUT2D eigenvalue weighted by Gasteiger charge is -2.05. The van der Waals surface area contributed by atoms with Crippen LogP contribution in [0.15, 0.2) is 85.4 Å². The quantitative estimate of drug-likeness (QED) is 0.442. The van der Waals surface area contributed by atoms with Crippen LogP contribution in [0.1, 0.15) is 16.9 Å². The lowest BCUT2D eigenvalue weighted by Crippen LogP contribution is -2.07. The Bertz CT molecular complexity index is 1320. The highest BCUT2D eigenvalue weighted by atomic mass is 16.5. The molecule has 0 amide bonds. The van der Waals surface area contributed by atoms with E-state index in [1.807, 2.05) is 30.3 Å². The maximum Gasteiger partial charge on any atom is 0.336 e. The van der Waals surface area contributed by atoms with Gasteiger partial charge in [0.15, 0.2) is 0 Å². The fraction of sp³-hybridized carbons (Fsp3) is 0.0833. The first-order valence-electron chi connectivity index (χ1n) is 9.22. The molecule has 0 aliphatic carbocycles. The first-order chi connectivity index (χ1) is 14.6. The van der Waals surface area contributed by atoms with Crippen LogP contribution in [0.5, 0.6) is 11.5 Å². The maximum absolute atomic E-state index is 12.3. The number of rotatable bonds is 6. The lowest BCUT2D eigenvalue weighted by molar-refractivity contribution is 0.291. The van der Waals surface area contributed by atoms with Gasteiger partial charge in [0.05, 0.1) is 7.11 Å². The molecule has 0 N–H and O–H groups in total. The number of hydrogen-bond acceptors (Lipinski definition) is 6. The van der Waals surface area contributed by atoms with Gasteiger partial charge in [-0.3, -0.25) is 4.79 Å². The second-order valence-electron chi connectivity index (χ2n) is 6.50. The Labute approximate surface area is 171 Å². The van der Waals surface area contributed by atoms with Crippen LogP contribution >= 0.6 is 0 Å². The molecule has 0 aliphatic rings. The van der Waals surface area contributed by atoms with E-state index in [-0.39, 0.29) is 17.8 Å². The molecule has 0 saturated carbocycles. The predicted octanol–water partition coefficient (Wildman–Crippen LogP) is 4.50. The van der Waals surface area contributed by atoms with E-state index in [9.17, 15) is 9.59 Å². The Kier molecular flexibility index (Phi) is 5.48. The summed E-state index contributed by atoms with van der Waals surface area (Å²) in [6.07, 6.45) is 4.59. The Hall–Kier alpha value is -4.06. The zero-order valence-electron chi connectivity index (χ0n) is 16.2. The van der Waals surface area contributed by atoms with E-state index >= 15 is 0 Å². The SMILES string of the molecule is COc1ccc2c(/C=C/c3cc(=O)c(OCc4ccccc4)co3)cc(=O)oc2c1. The molecular weight excluding hydrogens is 384 g/mol. The molecule has 0 atom stereocenters. The van der Waals surface area contributed by atoms with Crippen LogP contribution in [0.4, 0.5) is 0 Å². The number of benzene rings is 2. The van der Waals surface area contributed by atoms with Crippen molar-refractivity contribution in [1.29, 1.82) is 0 Å². The van der Waals surface area contributed by atoms with Gasteiger partial charge in [-0.1, -0.05) is 36.4 Å². The summed E-state index contributed by atoms with van der Waals surface area (Å²) in [7, 11) is 1.54. The van der Waals surface area contributed by atoms with Gasteiger partial charge in [-0.15, -0.1) is 0 Å². The van der Waals surface area contributed by atoms with Gasteiger partial charge in [-0.25, -0.2) is 4.79 Å². The molecule has 150 valence electrons. The molecule has 4 rings (SSSR count). The van der Waals surface area contributed by atoms with Crippen molar-refractivity contribution in [3.8, 4) is 11.5 Å². The molecule has 6 nitrogen and oxygen atoms in total. The van der Waals surface area contributed by atoms with E-state index in [4.69, 9.17) is 18.3 Å². The molecule has 0 unspecified atom stereocenters. The maximum atomic E-state index is 12.3. The predicted molar refractivity (Wildman–Crippen MR) is 114 cm³/mol. The van der Waals surface area contributed by atoms with Crippen molar-refractivity contribution >= 4 is 23.1 Å². The van der Waals surface area contributed by atoms with Gasteiger partial charge in [0.25, 0.3) is 0 Å². The van der Waals surface area contributed by atoms with E-state index in [1.165, 1.54) is 25.5 Å². The van der Waals surface area contributed by atoms with Crippen LogP contribution in [0, 0.1) is 0 Å². The highest BCUT2D eigenvalue weighted by Crippen LogP contribution is 2.24. The largest absolute Gasteiger partial charge is 0.497 e. The van der Waals surface area contributed by atoms with Crippen molar-refractivity contribution in [3.63, 3.8) is 0 Å². The Morgan fingerprint density at radius 1 is 0.967 bits per heavy atom. The van der Waals surface area contributed by atoms with Crippen LogP contribution in [-0.2, 0) is 6.61 Å². The van der Waals surface area contributed by atoms with Gasteiger partial charge in [-0.05, 0) is 29.3 Å². The van der Waals surface area contributed by atoms with E-state index in [2.05, 4.69) is 0 Å². The van der Waals surface area contributed by atoms with Gasteiger partial charge in [-0.2, -0.15) is 0 Å². The summed E-state index contributed by atoms with van der Waals surface area (Å²) in [5.41, 5.74) is 1.22. The minimum Gasteiger partial charge on any atom is -0.497 e. The van der Waals surface area contributed by atoms with Gasteiger partial charge < -0.3 is 18.3 Å². The molecule has 4 aromatic rings. The fourth-order valence-corrected chi connectivity index (χ4v) is 2.95. The average Bonchev–Trinajstić information content (AvgIpc) is 2.77. The minimum atomic E-state index is -0.485. The van der Waals surface area contributed by atoms with E-state index in [0.29, 0.717) is 22.7 Å². The van der Waals surface area contributed by atoms with E-state index in [0.717, 1.165) is 10.9 Å². The van der Waals surface area contributed by atoms with Crippen molar-refractivity contribution in [2.24, 2.45) is 0 Å². The summed E-state index contributed by atoms with van der Waals surface area (Å²) in [5, 5.41) is 0.733. The van der Waals surface area contributed by atoms with Crippen molar-refractivity contribution in [2.45, 2.75) is 6.61 Å². The first kappa shape index (κ1) is 19.3. The first-order valence-corrected chi connectivity index (χ1v) is 9.22. The normalized spacial score (nSPS) is 11.1. The van der Waals surface area contributed by atoms with Crippen molar-refractivity contribution in [1.82, 2.24) is 0 Å². The Morgan fingerprint density at radius 3 is 2.57 bits per heavy atom. The van der Waals surface area contributed by atoms with Crippen LogP contribution in [0.3, 0.4) is 0 Å². The summed E-state index contributed by atoms with van der Waals surface area (Å²) in [6.45, 7) is 0.274. The molecule has 6 heteroatoms. The monoisotopic (exact) mass is 402 g/mol. The second kappa shape index (κ2) is 8.53. The Balaban J connectivity index is 1.56. The minimum absolute atomic E-state index is 0.133. The number of hydrogen-bond donors (Lipinski definition) is 0. The summed E-state index contributed by atoms with van der Waals surface area (Å²) in [5.74, 6) is 1.06. The summed E-state index contributed by atoms with van der Waals surface area (Å²) < 4.78 is 21.4. The number of methoxy groups -OCH3 is 1. The molecule has 0 radical (unpaired) electrons. The smallest absolute Gasteiger partial charge is 0.336 e. The molecule has 2 aromatic heterocycles. The zero-order valence-corrected chi connectivity index (χ0v) is 16.2. The van der Waals surface area contributed by atoms with E-state index in [1.54, 1.807) is 30.4 Å². The number of fused-ring (bicyclic) bond motifs is 1.